The maximum Gasteiger partial charge on any atom is 0.223 e. The van der Waals surface area contributed by atoms with Gasteiger partial charge >= 0.3 is 0 Å². The van der Waals surface area contributed by atoms with Gasteiger partial charge in [-0.05, 0) is 6.07 Å². The number of hydrogen-bond acceptors (Lipinski definition) is 4. The lowest BCUT2D eigenvalue weighted by atomic mass is 10.4. The van der Waals surface area contributed by atoms with Gasteiger partial charge in [-0.1, -0.05) is 16.8 Å². The largest absolute Gasteiger partial charge is 0.351 e. The van der Waals surface area contributed by atoms with Gasteiger partial charge in [0.15, 0.2) is 11.8 Å². The van der Waals surface area contributed by atoms with Crippen molar-refractivity contribution in [1.29, 1.82) is 0 Å². The molecule has 0 saturated heterocycles. The van der Waals surface area contributed by atoms with Crippen LogP contribution in [0.4, 0.5) is 0 Å². The Morgan fingerprint density at radius 3 is 2.77 bits per heavy atom. The van der Waals surface area contributed by atoms with E-state index in [0.29, 0.717) is 24.8 Å². The second-order valence-corrected chi connectivity index (χ2v) is 5.18. The van der Waals surface area contributed by atoms with Crippen LogP contribution >= 0.6 is 35.6 Å². The van der Waals surface area contributed by atoms with Crippen LogP contribution in [0.25, 0.3) is 0 Å². The second kappa shape index (κ2) is 8.37. The number of aryl methyl sites for hydroxylation is 2. The van der Waals surface area contributed by atoms with E-state index in [0.717, 1.165) is 16.7 Å². The van der Waals surface area contributed by atoms with Gasteiger partial charge in [0.2, 0.25) is 5.89 Å². The maximum atomic E-state index is 5.99. The first-order valence-corrected chi connectivity index (χ1v) is 6.89. The normalized spacial score (nSPS) is 11.2. The van der Waals surface area contributed by atoms with Gasteiger partial charge in [-0.2, -0.15) is 4.98 Å². The van der Waals surface area contributed by atoms with Gasteiger partial charge in [0.25, 0.3) is 0 Å². The molecule has 122 valence electrons. The summed E-state index contributed by atoms with van der Waals surface area (Å²) >= 11 is 5.99. The molecule has 7 nitrogen and oxygen atoms in total. The topological polar surface area (TPSA) is 71.5 Å². The Kier molecular flexibility index (Phi) is 7.14. The standard InChI is InChI=1S/C13H19ClN6O.HI/c1-9-17-12(18-21-9)6-16-13(15-2)20(4)8-11-5-10(14)7-19(11)3;/h5,7H,6,8H2,1-4H3,(H,15,16);1H. The molecule has 0 aliphatic rings. The van der Waals surface area contributed by atoms with E-state index in [9.17, 15) is 0 Å². The number of aromatic nitrogens is 3. The smallest absolute Gasteiger partial charge is 0.223 e. The lowest BCUT2D eigenvalue weighted by Gasteiger charge is -2.21. The van der Waals surface area contributed by atoms with Crippen LogP contribution in [0.2, 0.25) is 5.02 Å². The highest BCUT2D eigenvalue weighted by Gasteiger charge is 2.11. The molecule has 22 heavy (non-hydrogen) atoms. The molecule has 0 radical (unpaired) electrons. The van der Waals surface area contributed by atoms with Crippen molar-refractivity contribution >= 4 is 41.5 Å². The van der Waals surface area contributed by atoms with Crippen molar-refractivity contribution in [2.45, 2.75) is 20.0 Å². The first-order valence-electron chi connectivity index (χ1n) is 6.51. The molecule has 0 spiro atoms. The molecule has 2 aromatic heterocycles. The van der Waals surface area contributed by atoms with Crippen molar-refractivity contribution in [2.24, 2.45) is 12.0 Å². The summed E-state index contributed by atoms with van der Waals surface area (Å²) in [6, 6.07) is 1.94. The molecule has 0 fully saturated rings. The van der Waals surface area contributed by atoms with Gasteiger partial charge in [-0.15, -0.1) is 24.0 Å². The molecular weight excluding hydrogens is 419 g/mol. The van der Waals surface area contributed by atoms with Crippen molar-refractivity contribution < 1.29 is 4.52 Å². The molecule has 0 aliphatic heterocycles. The fourth-order valence-electron chi connectivity index (χ4n) is 2.00. The zero-order valence-electron chi connectivity index (χ0n) is 13.0. The monoisotopic (exact) mass is 438 g/mol. The predicted molar refractivity (Wildman–Crippen MR) is 96.5 cm³/mol. The molecule has 0 amide bonds. The highest BCUT2D eigenvalue weighted by atomic mass is 127. The first kappa shape index (κ1) is 18.8. The zero-order valence-corrected chi connectivity index (χ0v) is 16.1. The van der Waals surface area contributed by atoms with Gasteiger partial charge in [0, 0.05) is 40.0 Å². The van der Waals surface area contributed by atoms with Crippen LogP contribution in [0, 0.1) is 6.92 Å². The van der Waals surface area contributed by atoms with Crippen molar-refractivity contribution in [3.63, 3.8) is 0 Å². The van der Waals surface area contributed by atoms with Crippen LogP contribution in [0.3, 0.4) is 0 Å². The van der Waals surface area contributed by atoms with E-state index in [-0.39, 0.29) is 24.0 Å². The fraction of sp³-hybridized carbons (Fsp3) is 0.462. The van der Waals surface area contributed by atoms with Crippen molar-refractivity contribution in [3.05, 3.63) is 34.7 Å². The number of halogens is 2. The fourth-order valence-corrected chi connectivity index (χ4v) is 2.27. The summed E-state index contributed by atoms with van der Waals surface area (Å²) in [5, 5.41) is 7.76. The van der Waals surface area contributed by atoms with Gasteiger partial charge in [-0.3, -0.25) is 4.99 Å². The SMILES string of the molecule is CN=C(NCc1noc(C)n1)N(C)Cc1cc(Cl)cn1C.I. The summed E-state index contributed by atoms with van der Waals surface area (Å²) in [5.41, 5.74) is 1.10. The van der Waals surface area contributed by atoms with Crippen LogP contribution in [-0.2, 0) is 20.1 Å². The van der Waals surface area contributed by atoms with Gasteiger partial charge in [0.05, 0.1) is 18.1 Å². The number of hydrogen-bond donors (Lipinski definition) is 1. The third-order valence-electron chi connectivity index (χ3n) is 3.02. The summed E-state index contributed by atoms with van der Waals surface area (Å²) in [4.78, 5) is 10.4. The molecule has 0 aromatic carbocycles. The van der Waals surface area contributed by atoms with E-state index in [2.05, 4.69) is 20.4 Å². The Morgan fingerprint density at radius 1 is 1.55 bits per heavy atom. The van der Waals surface area contributed by atoms with Crippen LogP contribution < -0.4 is 5.32 Å². The minimum atomic E-state index is 0. The Balaban J connectivity index is 0.00000242. The van der Waals surface area contributed by atoms with E-state index in [1.54, 1.807) is 14.0 Å². The predicted octanol–water partition coefficient (Wildman–Crippen LogP) is 2.20. The molecule has 0 unspecified atom stereocenters. The average Bonchev–Trinajstić information content (AvgIpc) is 2.96. The second-order valence-electron chi connectivity index (χ2n) is 4.75. The molecule has 0 bridgehead atoms. The highest BCUT2D eigenvalue weighted by molar-refractivity contribution is 14.0. The maximum absolute atomic E-state index is 5.99. The first-order chi connectivity index (χ1) is 9.99. The zero-order chi connectivity index (χ0) is 15.4. The molecule has 2 rings (SSSR count). The Hall–Kier alpha value is -1.29. The average molecular weight is 439 g/mol. The van der Waals surface area contributed by atoms with Crippen LogP contribution in [0.5, 0.6) is 0 Å². The minimum Gasteiger partial charge on any atom is -0.351 e. The Bertz CT molecular complexity index is 638. The van der Waals surface area contributed by atoms with Crippen LogP contribution in [-0.4, -0.2) is 39.7 Å². The molecular formula is C13H20ClIN6O. The number of aliphatic imine (C=N–C) groups is 1. The summed E-state index contributed by atoms with van der Waals surface area (Å²) in [5.74, 6) is 1.90. The van der Waals surface area contributed by atoms with Gasteiger partial charge in [-0.25, -0.2) is 0 Å². The van der Waals surface area contributed by atoms with Crippen molar-refractivity contribution in [2.75, 3.05) is 14.1 Å². The molecule has 2 heterocycles. The summed E-state index contributed by atoms with van der Waals surface area (Å²) in [7, 11) is 5.66. The number of nitrogens with zero attached hydrogens (tertiary/aromatic N) is 5. The molecule has 1 N–H and O–H groups in total. The summed E-state index contributed by atoms with van der Waals surface area (Å²) < 4.78 is 6.93. The van der Waals surface area contributed by atoms with Gasteiger partial charge < -0.3 is 19.3 Å². The van der Waals surface area contributed by atoms with E-state index in [4.69, 9.17) is 16.1 Å². The Morgan fingerprint density at radius 2 is 2.27 bits per heavy atom. The van der Waals surface area contributed by atoms with E-state index < -0.39 is 0 Å². The van der Waals surface area contributed by atoms with Crippen LogP contribution in [0.1, 0.15) is 17.4 Å². The number of nitrogens with one attached hydrogen (secondary N) is 1. The lowest BCUT2D eigenvalue weighted by Crippen LogP contribution is -2.38. The van der Waals surface area contributed by atoms with Gasteiger partial charge in [0.1, 0.15) is 0 Å². The number of guanidine groups is 1. The molecule has 9 heteroatoms. The molecule has 0 saturated carbocycles. The lowest BCUT2D eigenvalue weighted by molar-refractivity contribution is 0.386. The van der Waals surface area contributed by atoms with Crippen molar-refractivity contribution in [3.8, 4) is 0 Å². The van der Waals surface area contributed by atoms with Crippen molar-refractivity contribution in [1.82, 2.24) is 24.9 Å². The summed E-state index contributed by atoms with van der Waals surface area (Å²) in [6.45, 7) is 2.91. The number of rotatable bonds is 4. The third kappa shape index (κ3) is 4.87. The van der Waals surface area contributed by atoms with E-state index >= 15 is 0 Å². The molecule has 0 aliphatic carbocycles. The molecule has 2 aromatic rings. The molecule has 0 atom stereocenters. The minimum absolute atomic E-state index is 0. The Labute approximate surface area is 151 Å². The third-order valence-corrected chi connectivity index (χ3v) is 3.23. The summed E-state index contributed by atoms with van der Waals surface area (Å²) in [6.07, 6.45) is 1.88. The van der Waals surface area contributed by atoms with Crippen LogP contribution in [0.15, 0.2) is 21.8 Å². The van der Waals surface area contributed by atoms with E-state index in [1.165, 1.54) is 0 Å². The van der Waals surface area contributed by atoms with E-state index in [1.807, 2.05) is 35.8 Å². The quantitative estimate of drug-likeness (QED) is 0.450. The highest BCUT2D eigenvalue weighted by Crippen LogP contribution is 2.14.